The fourth-order valence-electron chi connectivity index (χ4n) is 2.74. The molecular formula is C12H7BrF4. The minimum Gasteiger partial charge on any atom is -0.203 e. The third-order valence-electron chi connectivity index (χ3n) is 3.51. The van der Waals surface area contributed by atoms with Crippen LogP contribution in [0.5, 0.6) is 0 Å². The highest BCUT2D eigenvalue weighted by molar-refractivity contribution is 9.09. The molecule has 2 aliphatic carbocycles. The molecule has 2 aliphatic rings. The Bertz CT molecular complexity index is 538. The molecule has 90 valence electrons. The molecule has 5 heteroatoms. The second kappa shape index (κ2) is 3.57. The molecule has 3 rings (SSSR count). The third-order valence-corrected chi connectivity index (χ3v) is 4.71. The van der Waals surface area contributed by atoms with E-state index < -0.39 is 29.2 Å². The predicted molar refractivity (Wildman–Crippen MR) is 58.2 cm³/mol. The molecular weight excluding hydrogens is 300 g/mol. The third kappa shape index (κ3) is 1.29. The maximum Gasteiger partial charge on any atom is 0.197 e. The Morgan fingerprint density at radius 1 is 0.941 bits per heavy atom. The van der Waals surface area contributed by atoms with Gasteiger partial charge in [-0.05, 0) is 6.42 Å². The summed E-state index contributed by atoms with van der Waals surface area (Å²) >= 11 is 3.35. The number of halogens is 5. The molecule has 2 bridgehead atoms. The maximum absolute atomic E-state index is 13.7. The topological polar surface area (TPSA) is 0 Å². The van der Waals surface area contributed by atoms with Crippen molar-refractivity contribution < 1.29 is 17.6 Å². The Kier molecular flexibility index (Phi) is 2.37. The fourth-order valence-corrected chi connectivity index (χ4v) is 3.67. The first-order valence-corrected chi connectivity index (χ1v) is 6.12. The Labute approximate surface area is 103 Å². The second-order valence-electron chi connectivity index (χ2n) is 4.32. The van der Waals surface area contributed by atoms with E-state index in [1.165, 1.54) is 0 Å². The Balaban J connectivity index is 2.37. The van der Waals surface area contributed by atoms with E-state index in [4.69, 9.17) is 0 Å². The van der Waals surface area contributed by atoms with Gasteiger partial charge in [0.25, 0.3) is 0 Å². The van der Waals surface area contributed by atoms with E-state index in [1.807, 2.05) is 0 Å². The lowest BCUT2D eigenvalue weighted by Crippen LogP contribution is -2.13. The normalized spacial score (nSPS) is 29.6. The lowest BCUT2D eigenvalue weighted by molar-refractivity contribution is 0.400. The molecule has 3 atom stereocenters. The van der Waals surface area contributed by atoms with Crippen molar-refractivity contribution in [3.8, 4) is 0 Å². The van der Waals surface area contributed by atoms with E-state index in [0.29, 0.717) is 6.42 Å². The molecule has 0 heterocycles. The van der Waals surface area contributed by atoms with Crippen molar-refractivity contribution in [2.45, 2.75) is 23.1 Å². The zero-order chi connectivity index (χ0) is 12.3. The molecule has 0 spiro atoms. The van der Waals surface area contributed by atoms with Gasteiger partial charge >= 0.3 is 0 Å². The van der Waals surface area contributed by atoms with Gasteiger partial charge in [0.15, 0.2) is 23.3 Å². The monoisotopic (exact) mass is 306 g/mol. The number of fused-ring (bicyclic) bond motifs is 5. The van der Waals surface area contributed by atoms with E-state index in [0.717, 1.165) is 0 Å². The summed E-state index contributed by atoms with van der Waals surface area (Å²) in [7, 11) is 0. The van der Waals surface area contributed by atoms with E-state index >= 15 is 0 Å². The molecule has 17 heavy (non-hydrogen) atoms. The van der Waals surface area contributed by atoms with Crippen LogP contribution in [0.25, 0.3) is 0 Å². The van der Waals surface area contributed by atoms with Crippen molar-refractivity contribution in [3.05, 3.63) is 46.5 Å². The fraction of sp³-hybridized carbons (Fsp3) is 0.333. The minimum atomic E-state index is -1.72. The average molecular weight is 307 g/mol. The van der Waals surface area contributed by atoms with Gasteiger partial charge in [-0.2, -0.15) is 0 Å². The van der Waals surface area contributed by atoms with Crippen LogP contribution in [0.2, 0.25) is 0 Å². The number of rotatable bonds is 0. The van der Waals surface area contributed by atoms with Gasteiger partial charge in [-0.1, -0.05) is 28.1 Å². The first-order valence-electron chi connectivity index (χ1n) is 5.20. The summed E-state index contributed by atoms with van der Waals surface area (Å²) in [6, 6.07) is 0. The van der Waals surface area contributed by atoms with Crippen molar-refractivity contribution >= 4 is 15.9 Å². The van der Waals surface area contributed by atoms with Gasteiger partial charge in [0.05, 0.1) is 0 Å². The van der Waals surface area contributed by atoms with Crippen LogP contribution in [0, 0.1) is 23.3 Å². The summed E-state index contributed by atoms with van der Waals surface area (Å²) in [5.41, 5.74) is -0.0553. The molecule has 0 radical (unpaired) electrons. The van der Waals surface area contributed by atoms with Crippen molar-refractivity contribution in [2.75, 3.05) is 0 Å². The zero-order valence-electron chi connectivity index (χ0n) is 8.48. The molecule has 0 fully saturated rings. The summed E-state index contributed by atoms with van der Waals surface area (Å²) in [6.07, 6.45) is 4.00. The predicted octanol–water partition coefficient (Wildman–Crippen LogP) is 4.15. The zero-order valence-corrected chi connectivity index (χ0v) is 10.1. The van der Waals surface area contributed by atoms with E-state index in [9.17, 15) is 17.6 Å². The molecule has 0 aromatic heterocycles. The molecule has 1 aromatic rings. The molecule has 0 N–H and O–H groups in total. The first-order chi connectivity index (χ1) is 8.04. The van der Waals surface area contributed by atoms with Gasteiger partial charge in [0.2, 0.25) is 0 Å². The van der Waals surface area contributed by atoms with Gasteiger partial charge in [0.1, 0.15) is 0 Å². The highest BCUT2D eigenvalue weighted by Crippen LogP contribution is 2.53. The number of allylic oxidation sites excluding steroid dienone is 2. The van der Waals surface area contributed by atoms with Gasteiger partial charge in [-0.25, -0.2) is 17.6 Å². The van der Waals surface area contributed by atoms with Crippen LogP contribution >= 0.6 is 15.9 Å². The lowest BCUT2D eigenvalue weighted by Gasteiger charge is -2.20. The van der Waals surface area contributed by atoms with E-state index in [2.05, 4.69) is 15.9 Å². The number of alkyl halides is 1. The van der Waals surface area contributed by atoms with Crippen LogP contribution in [-0.4, -0.2) is 4.83 Å². The largest absolute Gasteiger partial charge is 0.203 e. The van der Waals surface area contributed by atoms with Crippen molar-refractivity contribution in [1.82, 2.24) is 0 Å². The van der Waals surface area contributed by atoms with Crippen LogP contribution in [0.1, 0.15) is 29.4 Å². The summed E-state index contributed by atoms with van der Waals surface area (Å²) < 4.78 is 53.9. The molecule has 0 nitrogen and oxygen atoms in total. The Morgan fingerprint density at radius 3 is 2.18 bits per heavy atom. The summed E-state index contributed by atoms with van der Waals surface area (Å²) in [5, 5.41) is 0. The minimum absolute atomic E-state index is 0.0155. The van der Waals surface area contributed by atoms with Crippen molar-refractivity contribution in [1.29, 1.82) is 0 Å². The smallest absolute Gasteiger partial charge is 0.197 e. The summed E-state index contributed by atoms with van der Waals surface area (Å²) in [5.74, 6) is -6.70. The van der Waals surface area contributed by atoms with Crippen LogP contribution in [0.4, 0.5) is 17.6 Å². The van der Waals surface area contributed by atoms with Crippen LogP contribution < -0.4 is 0 Å². The molecule has 0 amide bonds. The van der Waals surface area contributed by atoms with Crippen molar-refractivity contribution in [3.63, 3.8) is 0 Å². The molecule has 0 saturated heterocycles. The first kappa shape index (κ1) is 11.3. The van der Waals surface area contributed by atoms with Gasteiger partial charge in [0, 0.05) is 27.8 Å². The van der Waals surface area contributed by atoms with E-state index in [-0.39, 0.29) is 21.9 Å². The van der Waals surface area contributed by atoms with Crippen LogP contribution in [-0.2, 0) is 0 Å². The molecule has 1 aromatic carbocycles. The molecule has 0 aliphatic heterocycles. The standard InChI is InChI=1S/C12H7BrF4/c13-8-4-2-1-3-5(8)7-6(4)9(14)11(16)12(17)10(7)15/h1-2,4-5,8H,3H2/t4-,5-,8-/m1/s1. The maximum atomic E-state index is 13.7. The summed E-state index contributed by atoms with van der Waals surface area (Å²) in [6.45, 7) is 0. The SMILES string of the molecule is Fc1c(F)c(F)c2c(c1F)[C@H]1C=CC[C@H]2[C@@H]1Br. The highest BCUT2D eigenvalue weighted by Gasteiger charge is 2.45. The number of hydrogen-bond acceptors (Lipinski definition) is 0. The average Bonchev–Trinajstić information content (AvgIpc) is 2.51. The van der Waals surface area contributed by atoms with Gasteiger partial charge < -0.3 is 0 Å². The number of hydrogen-bond donors (Lipinski definition) is 0. The lowest BCUT2D eigenvalue weighted by atomic mass is 9.92. The van der Waals surface area contributed by atoms with Crippen molar-refractivity contribution in [2.24, 2.45) is 0 Å². The van der Waals surface area contributed by atoms with Gasteiger partial charge in [-0.3, -0.25) is 0 Å². The quantitative estimate of drug-likeness (QED) is 0.222. The Hall–Kier alpha value is -0.840. The van der Waals surface area contributed by atoms with E-state index in [1.54, 1.807) is 12.2 Å². The summed E-state index contributed by atoms with van der Waals surface area (Å²) in [4.78, 5) is -0.201. The van der Waals surface area contributed by atoms with Gasteiger partial charge in [-0.15, -0.1) is 0 Å². The second-order valence-corrected chi connectivity index (χ2v) is 5.38. The Morgan fingerprint density at radius 2 is 1.53 bits per heavy atom. The molecule has 0 unspecified atom stereocenters. The van der Waals surface area contributed by atoms with Crippen LogP contribution in [0.3, 0.4) is 0 Å². The highest BCUT2D eigenvalue weighted by atomic mass is 79.9. The molecule has 0 saturated carbocycles. The van der Waals surface area contributed by atoms with Crippen LogP contribution in [0.15, 0.2) is 12.2 Å². The number of benzene rings is 1.